The minimum atomic E-state index is -0.474. The lowest BCUT2D eigenvalue weighted by Crippen LogP contribution is -2.50. The predicted octanol–water partition coefficient (Wildman–Crippen LogP) is 0.0674. The van der Waals surface area contributed by atoms with Gasteiger partial charge in [-0.2, -0.15) is 0 Å². The van der Waals surface area contributed by atoms with Crippen LogP contribution in [0.25, 0.3) is 0 Å². The first kappa shape index (κ1) is 14.9. The third kappa shape index (κ3) is 3.96. The first-order valence-corrected chi connectivity index (χ1v) is 6.49. The molecule has 104 valence electrons. The topological polar surface area (TPSA) is 81.7 Å². The van der Waals surface area contributed by atoms with Crippen LogP contribution in [0, 0.1) is 0 Å². The Bertz CT molecular complexity index is 296. The lowest BCUT2D eigenvalue weighted by Gasteiger charge is -2.29. The van der Waals surface area contributed by atoms with Gasteiger partial charge in [-0.05, 0) is 39.2 Å². The van der Waals surface area contributed by atoms with Gasteiger partial charge in [0.1, 0.15) is 0 Å². The smallest absolute Gasteiger partial charge is 0.321 e. The molecule has 1 saturated heterocycles. The molecule has 1 fully saturated rings. The SMILES string of the molecule is CNC(=O)NC(=O)C(C)N1CCCC1CCCO. The van der Waals surface area contributed by atoms with E-state index in [1.165, 1.54) is 7.05 Å². The minimum absolute atomic E-state index is 0.184. The summed E-state index contributed by atoms with van der Waals surface area (Å²) in [5, 5.41) is 13.5. The molecule has 1 heterocycles. The van der Waals surface area contributed by atoms with Crippen molar-refractivity contribution in [2.75, 3.05) is 20.2 Å². The summed E-state index contributed by atoms with van der Waals surface area (Å²) in [5.74, 6) is -0.273. The van der Waals surface area contributed by atoms with Crippen molar-refractivity contribution in [3.63, 3.8) is 0 Å². The van der Waals surface area contributed by atoms with E-state index in [2.05, 4.69) is 15.5 Å². The Morgan fingerprint density at radius 3 is 2.83 bits per heavy atom. The molecule has 0 aromatic heterocycles. The van der Waals surface area contributed by atoms with Gasteiger partial charge in [0, 0.05) is 19.7 Å². The van der Waals surface area contributed by atoms with Crippen LogP contribution < -0.4 is 10.6 Å². The Labute approximate surface area is 108 Å². The summed E-state index contributed by atoms with van der Waals surface area (Å²) in [6, 6.07) is -0.450. The zero-order chi connectivity index (χ0) is 13.5. The average molecular weight is 257 g/mol. The number of hydrogen-bond donors (Lipinski definition) is 3. The van der Waals surface area contributed by atoms with Crippen LogP contribution in [0.3, 0.4) is 0 Å². The molecule has 3 N–H and O–H groups in total. The highest BCUT2D eigenvalue weighted by Crippen LogP contribution is 2.23. The van der Waals surface area contributed by atoms with Crippen molar-refractivity contribution in [2.45, 2.75) is 44.7 Å². The molecule has 6 heteroatoms. The second-order valence-corrected chi connectivity index (χ2v) is 4.64. The van der Waals surface area contributed by atoms with E-state index in [0.29, 0.717) is 6.04 Å². The van der Waals surface area contributed by atoms with Crippen molar-refractivity contribution in [3.8, 4) is 0 Å². The van der Waals surface area contributed by atoms with Crippen LogP contribution in [-0.2, 0) is 4.79 Å². The van der Waals surface area contributed by atoms with Crippen molar-refractivity contribution in [1.29, 1.82) is 0 Å². The molecule has 18 heavy (non-hydrogen) atoms. The molecule has 0 radical (unpaired) electrons. The van der Waals surface area contributed by atoms with Gasteiger partial charge in [-0.15, -0.1) is 0 Å². The van der Waals surface area contributed by atoms with E-state index in [0.717, 1.165) is 32.2 Å². The lowest BCUT2D eigenvalue weighted by atomic mass is 10.1. The number of aliphatic hydroxyl groups is 1. The fourth-order valence-electron chi connectivity index (χ4n) is 2.43. The highest BCUT2D eigenvalue weighted by Gasteiger charge is 2.31. The quantitative estimate of drug-likeness (QED) is 0.651. The van der Waals surface area contributed by atoms with E-state index in [9.17, 15) is 9.59 Å². The van der Waals surface area contributed by atoms with Crippen LogP contribution in [0.5, 0.6) is 0 Å². The summed E-state index contributed by atoms with van der Waals surface area (Å²) in [6.07, 6.45) is 3.77. The van der Waals surface area contributed by atoms with Crippen molar-refractivity contribution < 1.29 is 14.7 Å². The summed E-state index contributed by atoms with van der Waals surface area (Å²) >= 11 is 0. The summed E-state index contributed by atoms with van der Waals surface area (Å²) in [5.41, 5.74) is 0. The number of aliphatic hydroxyl groups excluding tert-OH is 1. The fraction of sp³-hybridized carbons (Fsp3) is 0.833. The number of carbonyl (C=O) groups is 2. The molecular weight excluding hydrogens is 234 g/mol. The normalized spacial score (nSPS) is 21.6. The number of amides is 3. The van der Waals surface area contributed by atoms with Gasteiger partial charge in [0.2, 0.25) is 5.91 Å². The zero-order valence-electron chi connectivity index (χ0n) is 11.1. The Morgan fingerprint density at radius 2 is 2.22 bits per heavy atom. The molecule has 0 aromatic carbocycles. The van der Waals surface area contributed by atoms with Crippen molar-refractivity contribution in [3.05, 3.63) is 0 Å². The Hall–Kier alpha value is -1.14. The molecular formula is C12H23N3O3. The first-order chi connectivity index (χ1) is 8.60. The number of nitrogens with zero attached hydrogens (tertiary/aromatic N) is 1. The third-order valence-electron chi connectivity index (χ3n) is 3.46. The number of hydrogen-bond acceptors (Lipinski definition) is 4. The molecule has 1 aliphatic rings. The van der Waals surface area contributed by atoms with Crippen LogP contribution >= 0.6 is 0 Å². The Balaban J connectivity index is 2.50. The zero-order valence-corrected chi connectivity index (χ0v) is 11.1. The molecule has 0 saturated carbocycles. The Morgan fingerprint density at radius 1 is 1.50 bits per heavy atom. The van der Waals surface area contributed by atoms with E-state index in [-0.39, 0.29) is 18.6 Å². The van der Waals surface area contributed by atoms with Crippen LogP contribution in [0.4, 0.5) is 4.79 Å². The van der Waals surface area contributed by atoms with E-state index < -0.39 is 6.03 Å². The maximum absolute atomic E-state index is 11.9. The average Bonchev–Trinajstić information content (AvgIpc) is 2.83. The Kier molecular flexibility index (Phi) is 6.07. The van der Waals surface area contributed by atoms with Gasteiger partial charge >= 0.3 is 6.03 Å². The van der Waals surface area contributed by atoms with E-state index in [1.807, 2.05) is 6.92 Å². The van der Waals surface area contributed by atoms with Crippen molar-refractivity contribution >= 4 is 11.9 Å². The van der Waals surface area contributed by atoms with Gasteiger partial charge in [-0.1, -0.05) is 0 Å². The molecule has 2 atom stereocenters. The molecule has 1 aliphatic heterocycles. The van der Waals surface area contributed by atoms with Crippen LogP contribution in [-0.4, -0.2) is 54.2 Å². The van der Waals surface area contributed by atoms with Crippen LogP contribution in [0.15, 0.2) is 0 Å². The number of carbonyl (C=O) groups excluding carboxylic acids is 2. The lowest BCUT2D eigenvalue weighted by molar-refractivity contribution is -0.125. The maximum atomic E-state index is 11.9. The highest BCUT2D eigenvalue weighted by molar-refractivity contribution is 5.96. The van der Waals surface area contributed by atoms with Gasteiger partial charge in [0.25, 0.3) is 0 Å². The third-order valence-corrected chi connectivity index (χ3v) is 3.46. The summed E-state index contributed by atoms with van der Waals surface area (Å²) in [6.45, 7) is 2.87. The molecule has 6 nitrogen and oxygen atoms in total. The summed E-state index contributed by atoms with van der Waals surface area (Å²) < 4.78 is 0. The number of urea groups is 1. The summed E-state index contributed by atoms with van der Waals surface area (Å²) in [4.78, 5) is 25.1. The highest BCUT2D eigenvalue weighted by atomic mass is 16.3. The van der Waals surface area contributed by atoms with Crippen LogP contribution in [0.1, 0.15) is 32.6 Å². The van der Waals surface area contributed by atoms with Gasteiger partial charge in [-0.25, -0.2) is 4.79 Å². The molecule has 3 amide bonds. The predicted molar refractivity (Wildman–Crippen MR) is 68.1 cm³/mol. The van der Waals surface area contributed by atoms with Gasteiger partial charge in [0.05, 0.1) is 6.04 Å². The molecule has 0 aromatic rings. The molecule has 0 bridgehead atoms. The van der Waals surface area contributed by atoms with Crippen molar-refractivity contribution in [2.24, 2.45) is 0 Å². The first-order valence-electron chi connectivity index (χ1n) is 6.49. The monoisotopic (exact) mass is 257 g/mol. The van der Waals surface area contributed by atoms with E-state index >= 15 is 0 Å². The number of rotatable bonds is 5. The van der Waals surface area contributed by atoms with E-state index in [1.54, 1.807) is 0 Å². The molecule has 2 unspecified atom stereocenters. The number of nitrogens with one attached hydrogen (secondary N) is 2. The standard InChI is InChI=1S/C12H23N3O3/c1-9(11(17)14-12(18)13-2)15-7-3-5-10(15)6-4-8-16/h9-10,16H,3-8H2,1-2H3,(H2,13,14,17,18). The number of imide groups is 1. The molecule has 0 spiro atoms. The van der Waals surface area contributed by atoms with Gasteiger partial charge in [-0.3, -0.25) is 15.0 Å². The van der Waals surface area contributed by atoms with Crippen LogP contribution in [0.2, 0.25) is 0 Å². The van der Waals surface area contributed by atoms with Gasteiger partial charge < -0.3 is 10.4 Å². The molecule has 1 rings (SSSR count). The maximum Gasteiger partial charge on any atom is 0.321 e. The minimum Gasteiger partial charge on any atom is -0.396 e. The van der Waals surface area contributed by atoms with E-state index in [4.69, 9.17) is 5.11 Å². The molecule has 0 aliphatic carbocycles. The fourth-order valence-corrected chi connectivity index (χ4v) is 2.43. The second-order valence-electron chi connectivity index (χ2n) is 4.64. The number of likely N-dealkylation sites (tertiary alicyclic amines) is 1. The largest absolute Gasteiger partial charge is 0.396 e. The summed E-state index contributed by atoms with van der Waals surface area (Å²) in [7, 11) is 1.48. The van der Waals surface area contributed by atoms with Crippen molar-refractivity contribution in [1.82, 2.24) is 15.5 Å². The second kappa shape index (κ2) is 7.33. The van der Waals surface area contributed by atoms with Gasteiger partial charge in [0.15, 0.2) is 0 Å².